The highest BCUT2D eigenvalue weighted by molar-refractivity contribution is 7.07. The lowest BCUT2D eigenvalue weighted by Crippen LogP contribution is -2.33. The van der Waals surface area contributed by atoms with Gasteiger partial charge in [0.1, 0.15) is 0 Å². The molecule has 30 heavy (non-hydrogen) atoms. The average Bonchev–Trinajstić information content (AvgIpc) is 3.36. The van der Waals surface area contributed by atoms with E-state index in [1.807, 2.05) is 28.5 Å². The lowest BCUT2D eigenvalue weighted by Gasteiger charge is -2.23. The van der Waals surface area contributed by atoms with E-state index in [1.54, 1.807) is 25.6 Å². The molecule has 0 fully saturated rings. The Labute approximate surface area is 181 Å². The molecule has 0 bridgehead atoms. The van der Waals surface area contributed by atoms with E-state index < -0.39 is 5.66 Å². The summed E-state index contributed by atoms with van der Waals surface area (Å²) in [4.78, 5) is 14.9. The second kappa shape index (κ2) is 10.3. The zero-order chi connectivity index (χ0) is 21.4. The maximum Gasteiger partial charge on any atom is 0.223 e. The Balaban J connectivity index is 1.62. The molecule has 1 aliphatic rings. The third-order valence-corrected chi connectivity index (χ3v) is 5.95. The second-order valence-corrected chi connectivity index (χ2v) is 8.05. The van der Waals surface area contributed by atoms with Crippen LogP contribution < -0.4 is 9.47 Å². The van der Waals surface area contributed by atoms with Gasteiger partial charge in [0.05, 0.1) is 14.2 Å². The largest absolute Gasteiger partial charge is 0.493 e. The SMILES string of the molecule is C#CCCC1(CCC(=O)N(CCc2ccc(OC)c(OC)c2)Cc2ccsc2)N=N1. The zero-order valence-electron chi connectivity index (χ0n) is 17.5. The Morgan fingerprint density at radius 1 is 1.17 bits per heavy atom. The molecule has 1 aliphatic heterocycles. The van der Waals surface area contributed by atoms with Gasteiger partial charge in [0, 0.05) is 38.8 Å². The number of hydrogen-bond donors (Lipinski definition) is 0. The Bertz CT molecular complexity index is 912. The van der Waals surface area contributed by atoms with E-state index in [4.69, 9.17) is 15.9 Å². The minimum atomic E-state index is -0.431. The molecule has 2 heterocycles. The van der Waals surface area contributed by atoms with Gasteiger partial charge in [-0.15, -0.1) is 12.3 Å². The molecule has 0 atom stereocenters. The maximum atomic E-state index is 13.0. The highest BCUT2D eigenvalue weighted by Crippen LogP contribution is 2.37. The summed E-state index contributed by atoms with van der Waals surface area (Å²) in [6, 6.07) is 7.92. The Morgan fingerprint density at radius 2 is 1.97 bits per heavy atom. The van der Waals surface area contributed by atoms with Gasteiger partial charge in [-0.25, -0.2) is 0 Å². The van der Waals surface area contributed by atoms with Crippen LogP contribution in [-0.4, -0.2) is 37.2 Å². The lowest BCUT2D eigenvalue weighted by atomic mass is 10.0. The fourth-order valence-electron chi connectivity index (χ4n) is 3.33. The van der Waals surface area contributed by atoms with Crippen LogP contribution in [0.25, 0.3) is 0 Å². The smallest absolute Gasteiger partial charge is 0.223 e. The Morgan fingerprint density at radius 3 is 2.60 bits per heavy atom. The average molecular weight is 426 g/mol. The van der Waals surface area contributed by atoms with Crippen LogP contribution in [0.2, 0.25) is 0 Å². The van der Waals surface area contributed by atoms with Crippen LogP contribution in [0.5, 0.6) is 11.5 Å². The fraction of sp³-hybridized carbons (Fsp3) is 0.435. The van der Waals surface area contributed by atoms with Crippen molar-refractivity contribution in [1.29, 1.82) is 0 Å². The van der Waals surface area contributed by atoms with Crippen LogP contribution in [0.4, 0.5) is 0 Å². The number of ether oxygens (including phenoxy) is 2. The molecule has 1 amide bonds. The third-order valence-electron chi connectivity index (χ3n) is 5.22. The van der Waals surface area contributed by atoms with Gasteiger partial charge in [0.25, 0.3) is 0 Å². The van der Waals surface area contributed by atoms with Crippen molar-refractivity contribution in [1.82, 2.24) is 4.90 Å². The van der Waals surface area contributed by atoms with Gasteiger partial charge >= 0.3 is 0 Å². The van der Waals surface area contributed by atoms with Crippen molar-refractivity contribution in [3.8, 4) is 23.8 Å². The summed E-state index contributed by atoms with van der Waals surface area (Å²) < 4.78 is 10.7. The number of terminal acetylenes is 1. The van der Waals surface area contributed by atoms with Gasteiger partial charge in [-0.2, -0.15) is 21.6 Å². The van der Waals surface area contributed by atoms with Gasteiger partial charge in [0.2, 0.25) is 5.91 Å². The molecule has 158 valence electrons. The molecule has 0 saturated heterocycles. The normalized spacial score (nSPS) is 13.5. The first-order chi connectivity index (χ1) is 14.6. The van der Waals surface area contributed by atoms with E-state index in [-0.39, 0.29) is 5.91 Å². The van der Waals surface area contributed by atoms with Crippen LogP contribution in [0.1, 0.15) is 36.8 Å². The summed E-state index contributed by atoms with van der Waals surface area (Å²) in [5.74, 6) is 4.13. The van der Waals surface area contributed by atoms with Gasteiger partial charge in [-0.3, -0.25) is 4.79 Å². The summed E-state index contributed by atoms with van der Waals surface area (Å²) in [6.45, 7) is 1.22. The number of hydrogen-bond acceptors (Lipinski definition) is 6. The van der Waals surface area contributed by atoms with Crippen LogP contribution >= 0.6 is 11.3 Å². The van der Waals surface area contributed by atoms with E-state index >= 15 is 0 Å². The Hall–Kier alpha value is -2.85. The first kappa shape index (κ1) is 21.8. The van der Waals surface area contributed by atoms with Gasteiger partial charge in [-0.1, -0.05) is 6.07 Å². The number of thiophene rings is 1. The molecule has 6 nitrogen and oxygen atoms in total. The van der Waals surface area contributed by atoms with Gasteiger partial charge < -0.3 is 14.4 Å². The number of nitrogens with zero attached hydrogens (tertiary/aromatic N) is 3. The molecular weight excluding hydrogens is 398 g/mol. The van der Waals surface area contributed by atoms with Crippen molar-refractivity contribution in [2.45, 2.75) is 44.3 Å². The topological polar surface area (TPSA) is 63.5 Å². The number of benzene rings is 1. The number of rotatable bonds is 12. The molecular formula is C23H27N3O3S. The van der Waals surface area contributed by atoms with Gasteiger partial charge in [0.15, 0.2) is 17.2 Å². The summed E-state index contributed by atoms with van der Waals surface area (Å²) in [7, 11) is 3.24. The molecule has 1 aromatic heterocycles. The van der Waals surface area contributed by atoms with E-state index in [2.05, 4.69) is 27.6 Å². The van der Waals surface area contributed by atoms with Crippen LogP contribution in [-0.2, 0) is 17.8 Å². The van der Waals surface area contributed by atoms with Crippen molar-refractivity contribution in [3.05, 3.63) is 46.2 Å². The molecule has 0 saturated carbocycles. The van der Waals surface area contributed by atoms with Crippen molar-refractivity contribution in [2.24, 2.45) is 10.2 Å². The molecule has 0 unspecified atom stereocenters. The number of methoxy groups -OCH3 is 2. The fourth-order valence-corrected chi connectivity index (χ4v) is 3.99. The first-order valence-electron chi connectivity index (χ1n) is 9.96. The second-order valence-electron chi connectivity index (χ2n) is 7.27. The van der Waals surface area contributed by atoms with Crippen molar-refractivity contribution in [3.63, 3.8) is 0 Å². The van der Waals surface area contributed by atoms with Crippen LogP contribution in [0.3, 0.4) is 0 Å². The molecule has 0 radical (unpaired) electrons. The minimum absolute atomic E-state index is 0.110. The summed E-state index contributed by atoms with van der Waals surface area (Å²) >= 11 is 1.64. The molecule has 2 aromatic rings. The van der Waals surface area contributed by atoms with E-state index in [9.17, 15) is 4.79 Å². The van der Waals surface area contributed by atoms with E-state index in [0.29, 0.717) is 50.3 Å². The molecule has 0 N–H and O–H groups in total. The minimum Gasteiger partial charge on any atom is -0.493 e. The monoisotopic (exact) mass is 425 g/mol. The zero-order valence-corrected chi connectivity index (χ0v) is 18.3. The highest BCUT2D eigenvalue weighted by Gasteiger charge is 2.39. The van der Waals surface area contributed by atoms with Crippen LogP contribution in [0, 0.1) is 12.3 Å². The van der Waals surface area contributed by atoms with Crippen LogP contribution in [0.15, 0.2) is 45.3 Å². The molecule has 3 rings (SSSR count). The van der Waals surface area contributed by atoms with Crippen molar-refractivity contribution >= 4 is 17.2 Å². The first-order valence-corrected chi connectivity index (χ1v) is 10.9. The Kier molecular flexibility index (Phi) is 7.47. The number of carbonyl (C=O) groups is 1. The standard InChI is InChI=1S/C23H27N3O3S/c1-4-5-11-23(24-25-23)12-8-22(27)26(16-19-10-14-30-17-19)13-9-18-6-7-20(28-2)21(15-18)29-3/h1,6-7,10,14-15,17H,5,8-9,11-13,16H2,2-3H3. The molecule has 1 aromatic carbocycles. The summed E-state index contributed by atoms with van der Waals surface area (Å²) in [5, 5.41) is 12.4. The molecule has 7 heteroatoms. The summed E-state index contributed by atoms with van der Waals surface area (Å²) in [5.41, 5.74) is 1.80. The summed E-state index contributed by atoms with van der Waals surface area (Å²) in [6.07, 6.45) is 8.45. The molecule has 0 aliphatic carbocycles. The lowest BCUT2D eigenvalue weighted by molar-refractivity contribution is -0.132. The quantitative estimate of drug-likeness (QED) is 0.463. The third kappa shape index (κ3) is 5.83. The predicted octanol–water partition coefficient (Wildman–Crippen LogP) is 4.69. The van der Waals surface area contributed by atoms with E-state index in [0.717, 1.165) is 17.5 Å². The molecule has 0 spiro atoms. The highest BCUT2D eigenvalue weighted by atomic mass is 32.1. The maximum absolute atomic E-state index is 13.0. The predicted molar refractivity (Wildman–Crippen MR) is 118 cm³/mol. The number of carbonyl (C=O) groups excluding carboxylic acids is 1. The van der Waals surface area contributed by atoms with Gasteiger partial charge in [-0.05, 0) is 46.5 Å². The number of amides is 1. The van der Waals surface area contributed by atoms with E-state index in [1.165, 1.54) is 0 Å². The van der Waals surface area contributed by atoms with Crippen molar-refractivity contribution < 1.29 is 14.3 Å². The van der Waals surface area contributed by atoms with Crippen molar-refractivity contribution in [2.75, 3.05) is 20.8 Å².